The number of isocyanates is 1. The fraction of sp³-hybridized carbons (Fsp3) is 0.143. The normalized spacial score (nSPS) is 8.50. The maximum absolute atomic E-state index is 9.81. The summed E-state index contributed by atoms with van der Waals surface area (Å²) in [5.41, 5.74) is 1.51. The summed E-state index contributed by atoms with van der Waals surface area (Å²) in [6, 6.07) is 1.79. The molecule has 1 aromatic heterocycles. The Balaban J connectivity index is 3.14. The third-order valence-corrected chi connectivity index (χ3v) is 1.18. The number of nitrogens with zero attached hydrogens (tertiary/aromatic N) is 2. The molecule has 0 aliphatic rings. The maximum Gasteiger partial charge on any atom is 0.240 e. The van der Waals surface area contributed by atoms with Crippen LogP contribution in [0.1, 0.15) is 5.56 Å². The zero-order chi connectivity index (χ0) is 7.40. The lowest BCUT2D eigenvalue weighted by atomic mass is 10.3. The average Bonchev–Trinajstić information content (AvgIpc) is 1.94. The molecule has 0 fully saturated rings. The van der Waals surface area contributed by atoms with Crippen molar-refractivity contribution in [3.05, 3.63) is 24.0 Å². The number of hydrogen-bond acceptors (Lipinski definition) is 3. The van der Waals surface area contributed by atoms with Gasteiger partial charge in [0.25, 0.3) is 0 Å². The minimum absolute atomic E-state index is 0.581. The molecule has 0 saturated carbocycles. The van der Waals surface area contributed by atoms with Gasteiger partial charge in [0.15, 0.2) is 0 Å². The van der Waals surface area contributed by atoms with Gasteiger partial charge in [0, 0.05) is 6.20 Å². The van der Waals surface area contributed by atoms with Crippen molar-refractivity contribution >= 4 is 11.8 Å². The van der Waals surface area contributed by atoms with Crippen LogP contribution in [0.3, 0.4) is 0 Å². The van der Waals surface area contributed by atoms with E-state index in [0.717, 1.165) is 5.56 Å². The molecule has 0 radical (unpaired) electrons. The monoisotopic (exact) mass is 134 g/mol. The molecular formula is C7H6N2O. The Morgan fingerprint density at radius 3 is 3.10 bits per heavy atom. The average molecular weight is 134 g/mol. The Hall–Kier alpha value is -1.47. The van der Waals surface area contributed by atoms with Crippen molar-refractivity contribution < 1.29 is 4.79 Å². The second kappa shape index (κ2) is 2.90. The molecule has 50 valence electrons. The molecule has 0 aromatic carbocycles. The highest BCUT2D eigenvalue weighted by Gasteiger charge is 1.91. The predicted octanol–water partition coefficient (Wildman–Crippen LogP) is 1.36. The van der Waals surface area contributed by atoms with Crippen molar-refractivity contribution in [3.8, 4) is 0 Å². The minimum atomic E-state index is 0.581. The van der Waals surface area contributed by atoms with E-state index in [2.05, 4.69) is 9.98 Å². The lowest BCUT2D eigenvalue weighted by Gasteiger charge is -1.92. The van der Waals surface area contributed by atoms with Crippen molar-refractivity contribution in [2.45, 2.75) is 6.92 Å². The van der Waals surface area contributed by atoms with Crippen LogP contribution in [-0.4, -0.2) is 11.1 Å². The summed E-state index contributed by atoms with van der Waals surface area (Å²) in [6.45, 7) is 1.86. The number of rotatable bonds is 1. The van der Waals surface area contributed by atoms with E-state index < -0.39 is 0 Å². The highest BCUT2D eigenvalue weighted by atomic mass is 16.1. The third-order valence-electron chi connectivity index (χ3n) is 1.18. The minimum Gasteiger partial charge on any atom is -0.262 e. The van der Waals surface area contributed by atoms with E-state index in [9.17, 15) is 4.79 Å². The topological polar surface area (TPSA) is 42.3 Å². The Kier molecular flexibility index (Phi) is 1.92. The number of pyridine rings is 1. The first-order chi connectivity index (χ1) is 4.84. The van der Waals surface area contributed by atoms with Crippen molar-refractivity contribution in [1.82, 2.24) is 4.98 Å². The Morgan fingerprint density at radius 1 is 1.70 bits per heavy atom. The predicted molar refractivity (Wildman–Crippen MR) is 36.8 cm³/mol. The van der Waals surface area contributed by atoms with Crippen molar-refractivity contribution in [2.24, 2.45) is 4.99 Å². The number of aliphatic imine (C=N–C) groups is 1. The van der Waals surface area contributed by atoms with Crippen LogP contribution in [-0.2, 0) is 4.79 Å². The van der Waals surface area contributed by atoms with Crippen LogP contribution in [0.2, 0.25) is 0 Å². The highest BCUT2D eigenvalue weighted by Crippen LogP contribution is 2.13. The highest BCUT2D eigenvalue weighted by molar-refractivity contribution is 5.51. The van der Waals surface area contributed by atoms with Gasteiger partial charge in [0.1, 0.15) is 0 Å². The molecule has 0 aliphatic heterocycles. The van der Waals surface area contributed by atoms with Gasteiger partial charge in [-0.1, -0.05) is 0 Å². The molecule has 3 heteroatoms. The quantitative estimate of drug-likeness (QED) is 0.430. The third kappa shape index (κ3) is 1.27. The Morgan fingerprint density at radius 2 is 2.50 bits per heavy atom. The number of aryl methyl sites for hydroxylation is 1. The first kappa shape index (κ1) is 6.65. The van der Waals surface area contributed by atoms with E-state index in [-0.39, 0.29) is 0 Å². The number of aromatic nitrogens is 1. The summed E-state index contributed by atoms with van der Waals surface area (Å²) in [7, 11) is 0. The Bertz CT molecular complexity index is 277. The van der Waals surface area contributed by atoms with Crippen LogP contribution in [0.25, 0.3) is 0 Å². The summed E-state index contributed by atoms with van der Waals surface area (Å²) in [5.74, 6) is 0. The summed E-state index contributed by atoms with van der Waals surface area (Å²) in [5, 5.41) is 0. The molecule has 0 unspecified atom stereocenters. The largest absolute Gasteiger partial charge is 0.262 e. The molecule has 0 amide bonds. The molecule has 3 nitrogen and oxygen atoms in total. The van der Waals surface area contributed by atoms with Gasteiger partial charge < -0.3 is 0 Å². The van der Waals surface area contributed by atoms with E-state index in [1.54, 1.807) is 12.3 Å². The summed E-state index contributed by atoms with van der Waals surface area (Å²) in [6.07, 6.45) is 4.64. The summed E-state index contributed by atoms with van der Waals surface area (Å²) in [4.78, 5) is 17.0. The molecule has 1 aromatic rings. The van der Waals surface area contributed by atoms with Crippen LogP contribution >= 0.6 is 0 Å². The van der Waals surface area contributed by atoms with Gasteiger partial charge in [-0.3, -0.25) is 4.98 Å². The van der Waals surface area contributed by atoms with Gasteiger partial charge in [-0.15, -0.1) is 0 Å². The molecule has 1 heterocycles. The van der Waals surface area contributed by atoms with Crippen LogP contribution in [0.5, 0.6) is 0 Å². The van der Waals surface area contributed by atoms with E-state index in [1.807, 2.05) is 6.92 Å². The summed E-state index contributed by atoms with van der Waals surface area (Å²) < 4.78 is 0. The van der Waals surface area contributed by atoms with Gasteiger partial charge >= 0.3 is 0 Å². The molecule has 0 aliphatic carbocycles. The lowest BCUT2D eigenvalue weighted by Crippen LogP contribution is -1.74. The number of carbonyl (C=O) groups excluding carboxylic acids is 1. The molecule has 0 spiro atoms. The molecule has 0 N–H and O–H groups in total. The maximum atomic E-state index is 9.81. The van der Waals surface area contributed by atoms with Gasteiger partial charge in [-0.05, 0) is 18.6 Å². The molecule has 10 heavy (non-hydrogen) atoms. The fourth-order valence-corrected chi connectivity index (χ4v) is 0.622. The van der Waals surface area contributed by atoms with Crippen molar-refractivity contribution in [2.75, 3.05) is 0 Å². The first-order valence-corrected chi connectivity index (χ1v) is 2.83. The molecule has 1 rings (SSSR count). The van der Waals surface area contributed by atoms with Gasteiger partial charge in [-0.2, -0.15) is 4.99 Å². The Labute approximate surface area is 58.4 Å². The van der Waals surface area contributed by atoms with E-state index in [1.165, 1.54) is 12.3 Å². The molecular weight excluding hydrogens is 128 g/mol. The van der Waals surface area contributed by atoms with E-state index in [0.29, 0.717) is 5.69 Å². The second-order valence-electron chi connectivity index (χ2n) is 1.87. The lowest BCUT2D eigenvalue weighted by molar-refractivity contribution is 0.565. The molecule has 0 bridgehead atoms. The molecule has 0 atom stereocenters. The van der Waals surface area contributed by atoms with Gasteiger partial charge in [0.05, 0.1) is 11.9 Å². The SMILES string of the molecule is Cc1ccncc1N=C=O. The van der Waals surface area contributed by atoms with Gasteiger partial charge in [-0.25, -0.2) is 4.79 Å². The summed E-state index contributed by atoms with van der Waals surface area (Å²) >= 11 is 0. The van der Waals surface area contributed by atoms with E-state index in [4.69, 9.17) is 0 Å². The van der Waals surface area contributed by atoms with Crippen molar-refractivity contribution in [3.63, 3.8) is 0 Å². The van der Waals surface area contributed by atoms with Crippen LogP contribution in [0.4, 0.5) is 5.69 Å². The number of hydrogen-bond donors (Lipinski definition) is 0. The van der Waals surface area contributed by atoms with Crippen LogP contribution < -0.4 is 0 Å². The van der Waals surface area contributed by atoms with E-state index >= 15 is 0 Å². The zero-order valence-electron chi connectivity index (χ0n) is 5.53. The van der Waals surface area contributed by atoms with Crippen molar-refractivity contribution in [1.29, 1.82) is 0 Å². The van der Waals surface area contributed by atoms with Crippen LogP contribution in [0, 0.1) is 6.92 Å². The van der Waals surface area contributed by atoms with Gasteiger partial charge in [0.2, 0.25) is 6.08 Å². The molecule has 0 saturated heterocycles. The smallest absolute Gasteiger partial charge is 0.240 e. The fourth-order valence-electron chi connectivity index (χ4n) is 0.622. The second-order valence-corrected chi connectivity index (χ2v) is 1.87. The standard InChI is InChI=1S/C7H6N2O/c1-6-2-3-8-4-7(6)9-5-10/h2-4H,1H3. The zero-order valence-corrected chi connectivity index (χ0v) is 5.53. The first-order valence-electron chi connectivity index (χ1n) is 2.83. The van der Waals surface area contributed by atoms with Crippen LogP contribution in [0.15, 0.2) is 23.5 Å².